The molecule has 3 aromatic rings. The van der Waals surface area contributed by atoms with Gasteiger partial charge in [-0.25, -0.2) is 9.97 Å². The summed E-state index contributed by atoms with van der Waals surface area (Å²) in [6.07, 6.45) is 3.85. The number of carbonyl (C=O) groups is 1. The molecule has 3 heterocycles. The van der Waals surface area contributed by atoms with Crippen LogP contribution in [0.4, 0.5) is 5.95 Å². The van der Waals surface area contributed by atoms with Crippen LogP contribution in [0.3, 0.4) is 0 Å². The summed E-state index contributed by atoms with van der Waals surface area (Å²) < 4.78 is 8.17. The van der Waals surface area contributed by atoms with E-state index in [4.69, 9.17) is 10.5 Å². The van der Waals surface area contributed by atoms with Crippen molar-refractivity contribution >= 4 is 22.8 Å². The molecule has 1 aliphatic heterocycles. The van der Waals surface area contributed by atoms with Crippen molar-refractivity contribution in [3.05, 3.63) is 47.9 Å². The minimum Gasteiger partial charge on any atom is -0.490 e. The largest absolute Gasteiger partial charge is 0.490 e. The molecule has 0 unspecified atom stereocenters. The minimum atomic E-state index is -0.357. The number of benzene rings is 1. The number of nitrogens with two attached hydrogens (primary N) is 1. The average Bonchev–Trinajstić information content (AvgIpc) is 3.05. The van der Waals surface area contributed by atoms with E-state index in [0.29, 0.717) is 0 Å². The Balaban J connectivity index is 1.45. The molecule has 0 atom stereocenters. The lowest BCUT2D eigenvalue weighted by molar-refractivity contribution is -0.118. The first-order valence-electron chi connectivity index (χ1n) is 9.59. The Hall–Kier alpha value is -3.09. The Morgan fingerprint density at radius 1 is 1.18 bits per heavy atom. The highest BCUT2D eigenvalue weighted by atomic mass is 16.5. The molecule has 1 saturated heterocycles. The fraction of sp³-hybridized carbons (Fsp3) is 0.381. The van der Waals surface area contributed by atoms with E-state index in [1.165, 1.54) is 0 Å². The van der Waals surface area contributed by atoms with Gasteiger partial charge in [0.15, 0.2) is 0 Å². The SMILES string of the molecule is Cc1cc(C)nc(N2CCC(Oc3cccc4c3ccn4CC(N)=O)CC2)n1. The maximum atomic E-state index is 11.3. The third-order valence-corrected chi connectivity index (χ3v) is 5.09. The lowest BCUT2D eigenvalue weighted by atomic mass is 10.1. The molecular weight excluding hydrogens is 354 g/mol. The number of aromatic nitrogens is 3. The molecule has 0 saturated carbocycles. The summed E-state index contributed by atoms with van der Waals surface area (Å²) in [4.78, 5) is 22.6. The lowest BCUT2D eigenvalue weighted by Crippen LogP contribution is -2.39. The molecule has 0 bridgehead atoms. The van der Waals surface area contributed by atoms with Gasteiger partial charge in [0.25, 0.3) is 0 Å². The van der Waals surface area contributed by atoms with Crippen LogP contribution in [-0.2, 0) is 11.3 Å². The number of amides is 1. The number of nitrogens with zero attached hydrogens (tertiary/aromatic N) is 4. The Labute approximate surface area is 164 Å². The molecule has 7 nitrogen and oxygen atoms in total. The first kappa shape index (κ1) is 18.3. The number of hydrogen-bond donors (Lipinski definition) is 1. The average molecular weight is 379 g/mol. The zero-order valence-electron chi connectivity index (χ0n) is 16.3. The predicted octanol–water partition coefficient (Wildman–Crippen LogP) is 2.58. The van der Waals surface area contributed by atoms with Gasteiger partial charge >= 0.3 is 0 Å². The summed E-state index contributed by atoms with van der Waals surface area (Å²) in [5.41, 5.74) is 8.28. The van der Waals surface area contributed by atoms with E-state index in [-0.39, 0.29) is 18.6 Å². The molecule has 0 aliphatic carbocycles. The van der Waals surface area contributed by atoms with Gasteiger partial charge in [-0.3, -0.25) is 4.79 Å². The number of ether oxygens (including phenoxy) is 1. The highest BCUT2D eigenvalue weighted by Crippen LogP contribution is 2.29. The zero-order chi connectivity index (χ0) is 19.7. The number of piperidine rings is 1. The number of hydrogen-bond acceptors (Lipinski definition) is 5. The predicted molar refractivity (Wildman–Crippen MR) is 109 cm³/mol. The van der Waals surface area contributed by atoms with Crippen molar-refractivity contribution < 1.29 is 9.53 Å². The van der Waals surface area contributed by atoms with E-state index in [0.717, 1.165) is 59.9 Å². The molecule has 4 rings (SSSR count). The van der Waals surface area contributed by atoms with Crippen LogP contribution >= 0.6 is 0 Å². The van der Waals surface area contributed by atoms with Gasteiger partial charge in [-0.2, -0.15) is 0 Å². The summed E-state index contributed by atoms with van der Waals surface area (Å²) >= 11 is 0. The number of rotatable bonds is 5. The molecule has 146 valence electrons. The molecule has 2 N–H and O–H groups in total. The number of aryl methyl sites for hydroxylation is 2. The fourth-order valence-electron chi connectivity index (χ4n) is 3.81. The van der Waals surface area contributed by atoms with Crippen LogP contribution in [0.2, 0.25) is 0 Å². The highest BCUT2D eigenvalue weighted by Gasteiger charge is 2.23. The summed E-state index contributed by atoms with van der Waals surface area (Å²) in [6, 6.07) is 9.88. The molecule has 28 heavy (non-hydrogen) atoms. The third-order valence-electron chi connectivity index (χ3n) is 5.09. The van der Waals surface area contributed by atoms with Crippen LogP contribution in [0.1, 0.15) is 24.2 Å². The maximum absolute atomic E-state index is 11.3. The van der Waals surface area contributed by atoms with E-state index < -0.39 is 0 Å². The number of fused-ring (bicyclic) bond motifs is 1. The van der Waals surface area contributed by atoms with E-state index in [2.05, 4.69) is 14.9 Å². The van der Waals surface area contributed by atoms with Gasteiger partial charge in [0.1, 0.15) is 18.4 Å². The van der Waals surface area contributed by atoms with E-state index >= 15 is 0 Å². The van der Waals surface area contributed by atoms with Crippen molar-refractivity contribution in [3.8, 4) is 5.75 Å². The Kier molecular flexibility index (Phi) is 4.90. The van der Waals surface area contributed by atoms with Crippen molar-refractivity contribution in [2.24, 2.45) is 5.73 Å². The van der Waals surface area contributed by atoms with Crippen LogP contribution in [0.5, 0.6) is 5.75 Å². The fourth-order valence-corrected chi connectivity index (χ4v) is 3.81. The Morgan fingerprint density at radius 3 is 2.57 bits per heavy atom. The molecule has 7 heteroatoms. The van der Waals surface area contributed by atoms with Crippen LogP contribution in [0.25, 0.3) is 10.9 Å². The van der Waals surface area contributed by atoms with Gasteiger partial charge in [0.05, 0.1) is 5.52 Å². The summed E-state index contributed by atoms with van der Waals surface area (Å²) in [5, 5.41) is 1.00. The van der Waals surface area contributed by atoms with Crippen LogP contribution in [0.15, 0.2) is 36.5 Å². The summed E-state index contributed by atoms with van der Waals surface area (Å²) in [7, 11) is 0. The van der Waals surface area contributed by atoms with Crippen LogP contribution in [-0.4, -0.2) is 39.6 Å². The summed E-state index contributed by atoms with van der Waals surface area (Å²) in [5.74, 6) is 1.30. The molecule has 1 amide bonds. The summed E-state index contributed by atoms with van der Waals surface area (Å²) in [6.45, 7) is 5.90. The molecule has 1 fully saturated rings. The van der Waals surface area contributed by atoms with Gasteiger partial charge in [-0.1, -0.05) is 6.07 Å². The topological polar surface area (TPSA) is 86.3 Å². The quantitative estimate of drug-likeness (QED) is 0.736. The zero-order valence-corrected chi connectivity index (χ0v) is 16.3. The van der Waals surface area contributed by atoms with Crippen LogP contribution < -0.4 is 15.4 Å². The third kappa shape index (κ3) is 3.78. The van der Waals surface area contributed by atoms with Crippen molar-refractivity contribution in [3.63, 3.8) is 0 Å². The van der Waals surface area contributed by atoms with Crippen molar-refractivity contribution in [1.82, 2.24) is 14.5 Å². The number of carbonyl (C=O) groups excluding carboxylic acids is 1. The molecule has 1 aliphatic rings. The van der Waals surface area contributed by atoms with Gasteiger partial charge in [0.2, 0.25) is 11.9 Å². The van der Waals surface area contributed by atoms with Crippen molar-refractivity contribution in [1.29, 1.82) is 0 Å². The second-order valence-corrected chi connectivity index (χ2v) is 7.35. The van der Waals surface area contributed by atoms with Crippen LogP contribution in [0, 0.1) is 13.8 Å². The Bertz CT molecular complexity index is 985. The number of primary amides is 1. The van der Waals surface area contributed by atoms with Gasteiger partial charge < -0.3 is 19.9 Å². The molecule has 0 radical (unpaired) electrons. The van der Waals surface area contributed by atoms with E-state index in [9.17, 15) is 4.79 Å². The lowest BCUT2D eigenvalue weighted by Gasteiger charge is -2.32. The van der Waals surface area contributed by atoms with E-state index in [1.54, 1.807) is 0 Å². The molecule has 1 aromatic carbocycles. The van der Waals surface area contributed by atoms with Gasteiger partial charge in [-0.05, 0) is 38.1 Å². The maximum Gasteiger partial charge on any atom is 0.237 e. The standard InChI is InChI=1S/C21H25N5O2/c1-14-12-15(2)24-21(23-14)25-9-6-16(7-10-25)28-19-5-3-4-18-17(19)8-11-26(18)13-20(22)27/h3-5,8,11-12,16H,6-7,9-10,13H2,1-2H3,(H2,22,27). The van der Waals surface area contributed by atoms with Gasteiger partial charge in [0, 0.05) is 48.9 Å². The van der Waals surface area contributed by atoms with Gasteiger partial charge in [-0.15, -0.1) is 0 Å². The minimum absolute atomic E-state index is 0.146. The second kappa shape index (κ2) is 7.50. The van der Waals surface area contributed by atoms with E-state index in [1.807, 2.05) is 54.9 Å². The van der Waals surface area contributed by atoms with Crippen molar-refractivity contribution in [2.75, 3.05) is 18.0 Å². The molecule has 0 spiro atoms. The number of anilines is 1. The molecule has 2 aromatic heterocycles. The smallest absolute Gasteiger partial charge is 0.237 e. The monoisotopic (exact) mass is 379 g/mol. The molecular formula is C21H25N5O2. The first-order chi connectivity index (χ1) is 13.5. The second-order valence-electron chi connectivity index (χ2n) is 7.35. The van der Waals surface area contributed by atoms with Crippen molar-refractivity contribution in [2.45, 2.75) is 39.3 Å². The first-order valence-corrected chi connectivity index (χ1v) is 9.59. The normalized spacial score (nSPS) is 15.1. The highest BCUT2D eigenvalue weighted by molar-refractivity contribution is 5.87. The Morgan fingerprint density at radius 2 is 1.89 bits per heavy atom.